The largest absolute Gasteiger partial charge is 0.573 e. The Balaban J connectivity index is 1.18. The van der Waals surface area contributed by atoms with E-state index in [1.54, 1.807) is 0 Å². The minimum Gasteiger partial charge on any atom is -0.406 e. The molecule has 0 spiro atoms. The van der Waals surface area contributed by atoms with Crippen LogP contribution < -0.4 is 14.9 Å². The second-order valence-electron chi connectivity index (χ2n) is 11.1. The molecule has 0 aliphatic heterocycles. The van der Waals surface area contributed by atoms with Gasteiger partial charge in [0.15, 0.2) is 10.6 Å². The quantitative estimate of drug-likeness (QED) is 0.191. The molecule has 0 atom stereocenters. The van der Waals surface area contributed by atoms with Gasteiger partial charge in [0, 0.05) is 16.6 Å². The Hall–Kier alpha value is -4.71. The first-order valence-electron chi connectivity index (χ1n) is 14.6. The highest BCUT2D eigenvalue weighted by Gasteiger charge is 2.45. The average molecular weight is 633 g/mol. The SMILES string of the molecule is CCCc1ccc(C)cc1-n1c(C)csc1=NC(=O)NC1(c2ccc(-c3ncn(-c4ccc(OC(F)(F)F)cc4)n3)cc2)CC1. The van der Waals surface area contributed by atoms with Crippen LogP contribution in [-0.2, 0) is 12.0 Å². The van der Waals surface area contributed by atoms with E-state index < -0.39 is 11.9 Å². The molecule has 1 fully saturated rings. The van der Waals surface area contributed by atoms with Gasteiger partial charge in [-0.3, -0.25) is 4.57 Å². The van der Waals surface area contributed by atoms with Crippen molar-refractivity contribution in [1.29, 1.82) is 0 Å². The van der Waals surface area contributed by atoms with Crippen LogP contribution in [0.25, 0.3) is 22.8 Å². The van der Waals surface area contributed by atoms with E-state index in [0.717, 1.165) is 53.8 Å². The van der Waals surface area contributed by atoms with Crippen LogP contribution >= 0.6 is 11.3 Å². The van der Waals surface area contributed by atoms with Gasteiger partial charge in [0.05, 0.1) is 16.9 Å². The van der Waals surface area contributed by atoms with Gasteiger partial charge in [0.1, 0.15) is 12.1 Å². The molecule has 2 amide bonds. The van der Waals surface area contributed by atoms with Crippen LogP contribution in [0.2, 0.25) is 0 Å². The van der Waals surface area contributed by atoms with Crippen molar-refractivity contribution < 1.29 is 22.7 Å². The van der Waals surface area contributed by atoms with Crippen LogP contribution in [0, 0.1) is 13.8 Å². The molecule has 0 unspecified atom stereocenters. The molecule has 0 bridgehead atoms. The molecule has 2 heterocycles. The van der Waals surface area contributed by atoms with Gasteiger partial charge in [-0.25, -0.2) is 14.5 Å². The predicted octanol–water partition coefficient (Wildman–Crippen LogP) is 7.55. The number of aryl methyl sites for hydroxylation is 3. The molecule has 1 aliphatic carbocycles. The molecule has 0 radical (unpaired) electrons. The highest BCUT2D eigenvalue weighted by Crippen LogP contribution is 2.45. The number of halogens is 3. The number of ether oxygens (including phenoxy) is 1. The van der Waals surface area contributed by atoms with E-state index >= 15 is 0 Å². The molecule has 232 valence electrons. The van der Waals surface area contributed by atoms with Crippen molar-refractivity contribution in [2.45, 2.75) is 58.4 Å². The molecule has 6 rings (SSSR count). The minimum atomic E-state index is -4.75. The number of benzene rings is 3. The molecular weight excluding hydrogens is 601 g/mol. The van der Waals surface area contributed by atoms with Crippen LogP contribution in [0.15, 0.2) is 83.4 Å². The van der Waals surface area contributed by atoms with Crippen molar-refractivity contribution in [2.24, 2.45) is 4.99 Å². The van der Waals surface area contributed by atoms with E-state index in [4.69, 9.17) is 0 Å². The van der Waals surface area contributed by atoms with Crippen molar-refractivity contribution in [2.75, 3.05) is 0 Å². The lowest BCUT2D eigenvalue weighted by atomic mass is 10.0. The number of nitrogens with zero attached hydrogens (tertiary/aromatic N) is 5. The first-order chi connectivity index (χ1) is 21.5. The van der Waals surface area contributed by atoms with Gasteiger partial charge in [0.2, 0.25) is 0 Å². The summed E-state index contributed by atoms with van der Waals surface area (Å²) in [5.74, 6) is 0.144. The van der Waals surface area contributed by atoms with E-state index in [0.29, 0.717) is 16.3 Å². The van der Waals surface area contributed by atoms with Crippen LogP contribution in [0.3, 0.4) is 0 Å². The van der Waals surface area contributed by atoms with Gasteiger partial charge in [-0.2, -0.15) is 4.99 Å². The smallest absolute Gasteiger partial charge is 0.406 e. The summed E-state index contributed by atoms with van der Waals surface area (Å²) in [6, 6.07) is 19.1. The number of hydrogen-bond donors (Lipinski definition) is 1. The van der Waals surface area contributed by atoms with Crippen LogP contribution in [0.4, 0.5) is 18.0 Å². The van der Waals surface area contributed by atoms with E-state index in [1.165, 1.54) is 52.2 Å². The first-order valence-corrected chi connectivity index (χ1v) is 15.4. The zero-order valence-corrected chi connectivity index (χ0v) is 25.7. The molecule has 2 aromatic heterocycles. The number of rotatable bonds is 8. The fourth-order valence-electron chi connectivity index (χ4n) is 5.32. The summed E-state index contributed by atoms with van der Waals surface area (Å²) >= 11 is 1.45. The molecule has 8 nitrogen and oxygen atoms in total. The van der Waals surface area contributed by atoms with Crippen molar-refractivity contribution >= 4 is 17.4 Å². The average Bonchev–Trinajstić information content (AvgIpc) is 3.44. The summed E-state index contributed by atoms with van der Waals surface area (Å²) in [6.45, 7) is 6.24. The van der Waals surface area contributed by atoms with E-state index in [1.807, 2.05) is 36.6 Å². The van der Waals surface area contributed by atoms with Crippen molar-refractivity contribution in [3.05, 3.63) is 106 Å². The summed E-state index contributed by atoms with van der Waals surface area (Å²) in [6.07, 6.45) is 0.299. The number of carbonyl (C=O) groups is 1. The highest BCUT2D eigenvalue weighted by molar-refractivity contribution is 7.07. The summed E-state index contributed by atoms with van der Waals surface area (Å²) in [5.41, 5.74) is 6.23. The van der Waals surface area contributed by atoms with Crippen molar-refractivity contribution in [1.82, 2.24) is 24.6 Å². The van der Waals surface area contributed by atoms with Gasteiger partial charge in [-0.05, 0) is 80.1 Å². The van der Waals surface area contributed by atoms with Crippen molar-refractivity contribution in [3.8, 4) is 28.5 Å². The van der Waals surface area contributed by atoms with Crippen LogP contribution in [0.5, 0.6) is 5.75 Å². The zero-order valence-electron chi connectivity index (χ0n) is 24.9. The third kappa shape index (κ3) is 6.70. The van der Waals surface area contributed by atoms with E-state index in [-0.39, 0.29) is 11.8 Å². The van der Waals surface area contributed by atoms with E-state index in [9.17, 15) is 18.0 Å². The number of amides is 2. The molecule has 0 saturated heterocycles. The lowest BCUT2D eigenvalue weighted by molar-refractivity contribution is -0.274. The topological polar surface area (TPSA) is 86.3 Å². The number of alkyl halides is 3. The minimum absolute atomic E-state index is 0.312. The third-order valence-corrected chi connectivity index (χ3v) is 8.64. The third-order valence-electron chi connectivity index (χ3n) is 7.70. The summed E-state index contributed by atoms with van der Waals surface area (Å²) in [4.78, 5) is 22.7. The number of thiazole rings is 1. The Kier molecular flexibility index (Phi) is 8.08. The Labute approximate surface area is 261 Å². The van der Waals surface area contributed by atoms with E-state index in [2.05, 4.69) is 61.7 Å². The summed E-state index contributed by atoms with van der Waals surface area (Å²) < 4.78 is 44.8. The molecule has 1 aliphatic rings. The second kappa shape index (κ2) is 12.0. The highest BCUT2D eigenvalue weighted by atomic mass is 32.1. The van der Waals surface area contributed by atoms with Gasteiger partial charge in [-0.15, -0.1) is 29.6 Å². The number of aromatic nitrogens is 4. The summed E-state index contributed by atoms with van der Waals surface area (Å²) in [5, 5.41) is 9.64. The second-order valence-corrected chi connectivity index (χ2v) is 12.0. The number of nitrogens with one attached hydrogen (secondary N) is 1. The monoisotopic (exact) mass is 632 g/mol. The first kappa shape index (κ1) is 30.3. The fraction of sp³-hybridized carbons (Fsp3) is 0.273. The van der Waals surface area contributed by atoms with Gasteiger partial charge >= 0.3 is 12.4 Å². The van der Waals surface area contributed by atoms with Gasteiger partial charge < -0.3 is 10.1 Å². The molecule has 45 heavy (non-hydrogen) atoms. The maximum absolute atomic E-state index is 13.3. The Morgan fingerprint density at radius 1 is 1.07 bits per heavy atom. The fourth-order valence-corrected chi connectivity index (χ4v) is 6.18. The molecule has 1 saturated carbocycles. The lowest BCUT2D eigenvalue weighted by Crippen LogP contribution is -2.34. The molecule has 12 heteroatoms. The van der Waals surface area contributed by atoms with Crippen LogP contribution in [0.1, 0.15) is 48.6 Å². The Bertz CT molecular complexity index is 1900. The zero-order chi connectivity index (χ0) is 31.8. The normalized spacial score (nSPS) is 14.4. The predicted molar refractivity (Wildman–Crippen MR) is 166 cm³/mol. The maximum Gasteiger partial charge on any atom is 0.573 e. The standard InChI is InChI=1S/C33H31F3N6O2S/c1-4-5-23-7-6-21(2)18-28(23)42-22(3)19-45-31(42)38-30(43)39-32(16-17-32)25-10-8-24(9-11-25)29-37-20-41(40-29)26-12-14-27(15-13-26)44-33(34,35)36/h6-15,18-20H,4-5,16-17H2,1-3H3,(H,39,43). The maximum atomic E-state index is 13.3. The Morgan fingerprint density at radius 2 is 1.80 bits per heavy atom. The molecular formula is C33H31F3N6O2S. The molecule has 5 aromatic rings. The number of carbonyl (C=O) groups excluding carboxylic acids is 1. The van der Waals surface area contributed by atoms with Gasteiger partial charge in [0.25, 0.3) is 0 Å². The van der Waals surface area contributed by atoms with Crippen molar-refractivity contribution in [3.63, 3.8) is 0 Å². The molecule has 1 N–H and O–H groups in total. The van der Waals surface area contributed by atoms with Crippen LogP contribution in [-0.4, -0.2) is 31.7 Å². The molecule has 3 aromatic carbocycles. The number of hydrogen-bond acceptors (Lipinski definition) is 5. The van der Waals surface area contributed by atoms with Gasteiger partial charge in [-0.1, -0.05) is 49.7 Å². The lowest BCUT2D eigenvalue weighted by Gasteiger charge is -2.17. The Morgan fingerprint density at radius 3 is 2.47 bits per heavy atom. The number of urea groups is 1. The summed E-state index contributed by atoms with van der Waals surface area (Å²) in [7, 11) is 0.